The summed E-state index contributed by atoms with van der Waals surface area (Å²) in [6.07, 6.45) is 8.40. The molecular weight excluding hydrogens is 358 g/mol. The summed E-state index contributed by atoms with van der Waals surface area (Å²) in [7, 11) is 0. The number of fused-ring (bicyclic) bond motifs is 1. The molecule has 1 heterocycles. The van der Waals surface area contributed by atoms with E-state index in [1.165, 1.54) is 17.7 Å². The van der Waals surface area contributed by atoms with Crippen LogP contribution in [-0.2, 0) is 4.79 Å². The number of anilines is 1. The van der Waals surface area contributed by atoms with Crippen LogP contribution in [0.15, 0.2) is 23.8 Å². The minimum absolute atomic E-state index is 0.107. The van der Waals surface area contributed by atoms with Gasteiger partial charge in [-0.1, -0.05) is 32.3 Å². The number of nitrogens with one attached hydrogen (secondary N) is 1. The normalized spacial score (nSPS) is 22.2. The quantitative estimate of drug-likeness (QED) is 0.539. The molecule has 1 saturated carbocycles. The van der Waals surface area contributed by atoms with E-state index in [1.807, 2.05) is 6.07 Å². The van der Waals surface area contributed by atoms with Crippen molar-refractivity contribution in [3.05, 3.63) is 34.9 Å². The van der Waals surface area contributed by atoms with Crippen LogP contribution in [0.5, 0.6) is 0 Å². The number of hydrogen-bond donors (Lipinski definition) is 1. The van der Waals surface area contributed by atoms with Crippen molar-refractivity contribution in [1.82, 2.24) is 5.32 Å². The summed E-state index contributed by atoms with van der Waals surface area (Å²) in [4.78, 5) is 15.1. The minimum Gasteiger partial charge on any atom is -0.364 e. The highest BCUT2D eigenvalue weighted by atomic mass is 16.1. The maximum Gasteiger partial charge on any atom is 0.262 e. The second-order valence-corrected chi connectivity index (χ2v) is 9.68. The molecule has 156 valence electrons. The van der Waals surface area contributed by atoms with E-state index >= 15 is 0 Å². The fourth-order valence-corrected chi connectivity index (χ4v) is 5.36. The molecule has 1 atom stereocenters. The summed E-state index contributed by atoms with van der Waals surface area (Å²) in [6.45, 7) is 11.4. The SMILES string of the molecule is CC1CC(C)(C)N(C(C)C)c2ccc(/C=C(/C#N)C(=O)NC3CCCCC3)cc21. The van der Waals surface area contributed by atoms with Gasteiger partial charge in [0.25, 0.3) is 5.91 Å². The third-order valence-electron chi connectivity index (χ3n) is 6.43. The average molecular weight is 394 g/mol. The highest BCUT2D eigenvalue weighted by molar-refractivity contribution is 6.01. The van der Waals surface area contributed by atoms with Gasteiger partial charge in [-0.3, -0.25) is 4.79 Å². The highest BCUT2D eigenvalue weighted by Gasteiger charge is 2.37. The second-order valence-electron chi connectivity index (χ2n) is 9.68. The van der Waals surface area contributed by atoms with Crippen molar-refractivity contribution in [2.24, 2.45) is 0 Å². The zero-order valence-corrected chi connectivity index (χ0v) is 18.6. The van der Waals surface area contributed by atoms with Gasteiger partial charge >= 0.3 is 0 Å². The molecule has 0 aromatic heterocycles. The lowest BCUT2D eigenvalue weighted by Gasteiger charge is -2.50. The van der Waals surface area contributed by atoms with E-state index in [2.05, 4.69) is 63.0 Å². The van der Waals surface area contributed by atoms with Crippen LogP contribution in [0.1, 0.15) is 90.2 Å². The van der Waals surface area contributed by atoms with Crippen LogP contribution in [0.4, 0.5) is 5.69 Å². The number of carbonyl (C=O) groups is 1. The van der Waals surface area contributed by atoms with E-state index in [0.717, 1.165) is 37.7 Å². The van der Waals surface area contributed by atoms with Crippen molar-refractivity contribution in [2.75, 3.05) is 4.90 Å². The third kappa shape index (κ3) is 4.66. The minimum atomic E-state index is -0.241. The van der Waals surface area contributed by atoms with E-state index in [4.69, 9.17) is 0 Å². The molecule has 0 bridgehead atoms. The monoisotopic (exact) mass is 393 g/mol. The largest absolute Gasteiger partial charge is 0.364 e. The van der Waals surface area contributed by atoms with Gasteiger partial charge in [0.05, 0.1) is 0 Å². The van der Waals surface area contributed by atoms with E-state index in [-0.39, 0.29) is 23.1 Å². The Labute approximate surface area is 176 Å². The predicted octanol–water partition coefficient (Wildman–Crippen LogP) is 5.54. The molecule has 1 aliphatic carbocycles. The molecule has 1 aromatic rings. The predicted molar refractivity (Wildman–Crippen MR) is 120 cm³/mol. The Balaban J connectivity index is 1.87. The molecule has 4 nitrogen and oxygen atoms in total. The van der Waals surface area contributed by atoms with E-state index in [9.17, 15) is 10.1 Å². The molecule has 2 aliphatic rings. The average Bonchev–Trinajstić information content (AvgIpc) is 2.66. The van der Waals surface area contributed by atoms with Gasteiger partial charge in [0.2, 0.25) is 0 Å². The zero-order chi connectivity index (χ0) is 21.2. The molecule has 1 unspecified atom stereocenters. The molecule has 29 heavy (non-hydrogen) atoms. The zero-order valence-electron chi connectivity index (χ0n) is 18.6. The first-order valence-electron chi connectivity index (χ1n) is 11.1. The third-order valence-corrected chi connectivity index (χ3v) is 6.43. The number of nitrogens with zero attached hydrogens (tertiary/aromatic N) is 2. The Morgan fingerprint density at radius 3 is 2.59 bits per heavy atom. The van der Waals surface area contributed by atoms with Crippen molar-refractivity contribution in [3.63, 3.8) is 0 Å². The number of nitriles is 1. The van der Waals surface area contributed by atoms with Crippen molar-refractivity contribution >= 4 is 17.7 Å². The smallest absolute Gasteiger partial charge is 0.262 e. The molecule has 0 spiro atoms. The van der Waals surface area contributed by atoms with Crippen LogP contribution in [-0.4, -0.2) is 23.5 Å². The maximum atomic E-state index is 12.6. The highest BCUT2D eigenvalue weighted by Crippen LogP contribution is 2.44. The number of benzene rings is 1. The Bertz CT molecular complexity index is 825. The molecule has 4 heteroatoms. The van der Waals surface area contributed by atoms with Gasteiger partial charge in [-0.05, 0) is 82.2 Å². The van der Waals surface area contributed by atoms with Crippen molar-refractivity contribution < 1.29 is 4.79 Å². The summed E-state index contributed by atoms with van der Waals surface area (Å²) in [5.74, 6) is 0.195. The summed E-state index contributed by atoms with van der Waals surface area (Å²) < 4.78 is 0. The van der Waals surface area contributed by atoms with Crippen LogP contribution in [0.2, 0.25) is 0 Å². The Morgan fingerprint density at radius 1 is 1.28 bits per heavy atom. The number of hydrogen-bond acceptors (Lipinski definition) is 3. The van der Waals surface area contributed by atoms with Crippen molar-refractivity contribution in [2.45, 2.75) is 96.7 Å². The summed E-state index contributed by atoms with van der Waals surface area (Å²) in [5.41, 5.74) is 3.80. The van der Waals surface area contributed by atoms with Crippen LogP contribution >= 0.6 is 0 Å². The second kappa shape index (κ2) is 8.61. The molecule has 1 amide bonds. The Kier molecular flexibility index (Phi) is 6.36. The van der Waals surface area contributed by atoms with Crippen LogP contribution in [0.3, 0.4) is 0 Å². The summed E-state index contributed by atoms with van der Waals surface area (Å²) >= 11 is 0. The van der Waals surface area contributed by atoms with Crippen LogP contribution < -0.4 is 10.2 Å². The fraction of sp³-hybridized carbons (Fsp3) is 0.600. The van der Waals surface area contributed by atoms with Gasteiger partial charge in [-0.25, -0.2) is 0 Å². The molecule has 1 aliphatic heterocycles. The molecule has 0 radical (unpaired) electrons. The van der Waals surface area contributed by atoms with Gasteiger partial charge in [-0.2, -0.15) is 5.26 Å². The van der Waals surface area contributed by atoms with Gasteiger partial charge in [0, 0.05) is 23.3 Å². The molecule has 1 N–H and O–H groups in total. The lowest BCUT2D eigenvalue weighted by molar-refractivity contribution is -0.117. The molecular formula is C25H35N3O. The number of rotatable bonds is 4. The van der Waals surface area contributed by atoms with Crippen molar-refractivity contribution in [1.29, 1.82) is 5.26 Å². The topological polar surface area (TPSA) is 56.1 Å². The Morgan fingerprint density at radius 2 is 1.97 bits per heavy atom. The summed E-state index contributed by atoms with van der Waals surface area (Å²) in [6, 6.07) is 9.08. The van der Waals surface area contributed by atoms with Crippen molar-refractivity contribution in [3.8, 4) is 6.07 Å². The molecule has 0 saturated heterocycles. The fourth-order valence-electron chi connectivity index (χ4n) is 5.36. The van der Waals surface area contributed by atoms with Crippen LogP contribution in [0, 0.1) is 11.3 Å². The maximum absolute atomic E-state index is 12.6. The number of amides is 1. The molecule has 3 rings (SSSR count). The Hall–Kier alpha value is -2.28. The lowest BCUT2D eigenvalue weighted by atomic mass is 9.79. The molecule has 1 aromatic carbocycles. The lowest BCUT2D eigenvalue weighted by Crippen LogP contribution is -2.51. The first-order valence-corrected chi connectivity index (χ1v) is 11.1. The van der Waals surface area contributed by atoms with Gasteiger partial charge in [-0.15, -0.1) is 0 Å². The van der Waals surface area contributed by atoms with E-state index < -0.39 is 0 Å². The summed E-state index contributed by atoms with van der Waals surface area (Å²) in [5, 5.41) is 12.6. The van der Waals surface area contributed by atoms with Crippen LogP contribution in [0.25, 0.3) is 6.08 Å². The first kappa shape index (κ1) is 21.4. The standard InChI is InChI=1S/C25H35N3O/c1-17(2)28-23-12-11-19(14-22(23)18(3)15-25(28,4)5)13-20(16-26)24(29)27-21-9-7-6-8-10-21/h11-14,17-18,21H,6-10,15H2,1-5H3,(H,27,29)/b20-13-. The van der Waals surface area contributed by atoms with E-state index in [1.54, 1.807) is 6.08 Å². The van der Waals surface area contributed by atoms with Gasteiger partial charge in [0.1, 0.15) is 11.6 Å². The van der Waals surface area contributed by atoms with Gasteiger partial charge < -0.3 is 10.2 Å². The number of carbonyl (C=O) groups excluding carboxylic acids is 1. The van der Waals surface area contributed by atoms with Gasteiger partial charge in [0.15, 0.2) is 0 Å². The molecule has 1 fully saturated rings. The first-order chi connectivity index (χ1) is 13.7. The van der Waals surface area contributed by atoms with E-state index in [0.29, 0.717) is 12.0 Å².